The number of aliphatic hydroxyl groups excluding tert-OH is 1. The van der Waals surface area contributed by atoms with Crippen molar-refractivity contribution in [2.75, 3.05) is 11.1 Å². The molecule has 0 aliphatic rings. The van der Waals surface area contributed by atoms with E-state index in [-0.39, 0.29) is 40.0 Å². The number of halogens is 3. The number of aromatic nitrogens is 7. The van der Waals surface area contributed by atoms with Crippen molar-refractivity contribution in [3.05, 3.63) is 64.9 Å². The van der Waals surface area contributed by atoms with Gasteiger partial charge in [-0.25, -0.2) is 14.6 Å². The number of nitrogens with one attached hydrogen (secondary N) is 1. The molecule has 4 heterocycles. The lowest BCUT2D eigenvalue weighted by Gasteiger charge is -2.19. The van der Waals surface area contributed by atoms with Crippen molar-refractivity contribution < 1.29 is 18.3 Å². The Morgan fingerprint density at radius 2 is 1.77 bits per heavy atom. The van der Waals surface area contributed by atoms with Crippen LogP contribution in [0.5, 0.6) is 0 Å². The maximum absolute atomic E-state index is 14.0. The number of aryl methyl sites for hydroxylation is 1. The van der Waals surface area contributed by atoms with Crippen molar-refractivity contribution >= 4 is 11.5 Å². The molecule has 0 saturated heterocycles. The van der Waals surface area contributed by atoms with Crippen LogP contribution in [-0.4, -0.2) is 39.8 Å². The van der Waals surface area contributed by atoms with E-state index in [9.17, 15) is 23.5 Å². The number of pyridine rings is 2. The molecule has 35 heavy (non-hydrogen) atoms. The second-order valence-corrected chi connectivity index (χ2v) is 7.04. The number of nitriles is 2. The monoisotopic (exact) mass is 481 g/mol. The lowest BCUT2D eigenvalue weighted by molar-refractivity contribution is -0.144. The standard InChI is InChI=1S/C20H14F3N11O/c1-10-14(6-12(8-25)18(30-10)34-27-4-5-28-34)31-19(35)13-9-29-33(16(13)20(21,22)23)15-3-2-11(7-24)17(26)32-15/h2-6,9,19,31,35H,1H3,(H2,26,32). The Labute approximate surface area is 194 Å². The van der Waals surface area contributed by atoms with Gasteiger partial charge in [-0.2, -0.15) is 39.0 Å². The van der Waals surface area contributed by atoms with Gasteiger partial charge in [0.1, 0.15) is 23.5 Å². The Morgan fingerprint density at radius 3 is 2.37 bits per heavy atom. The van der Waals surface area contributed by atoms with Gasteiger partial charge in [-0.1, -0.05) is 0 Å². The first-order valence-corrected chi connectivity index (χ1v) is 9.69. The number of hydrogen-bond donors (Lipinski definition) is 3. The van der Waals surface area contributed by atoms with Gasteiger partial charge in [0.15, 0.2) is 23.6 Å². The fourth-order valence-corrected chi connectivity index (χ4v) is 3.22. The lowest BCUT2D eigenvalue weighted by Crippen LogP contribution is -2.20. The van der Waals surface area contributed by atoms with Crippen LogP contribution >= 0.6 is 0 Å². The minimum Gasteiger partial charge on any atom is -0.383 e. The lowest BCUT2D eigenvalue weighted by atomic mass is 10.1. The molecule has 1 unspecified atom stereocenters. The first kappa shape index (κ1) is 23.1. The highest BCUT2D eigenvalue weighted by atomic mass is 19.4. The number of nitrogens with zero attached hydrogens (tertiary/aromatic N) is 9. The maximum Gasteiger partial charge on any atom is 0.433 e. The summed E-state index contributed by atoms with van der Waals surface area (Å²) in [7, 11) is 0. The summed E-state index contributed by atoms with van der Waals surface area (Å²) in [5.74, 6) is -0.456. The van der Waals surface area contributed by atoms with Crippen molar-refractivity contribution in [2.45, 2.75) is 19.3 Å². The molecule has 0 aliphatic carbocycles. The highest BCUT2D eigenvalue weighted by molar-refractivity contribution is 5.58. The van der Waals surface area contributed by atoms with E-state index in [2.05, 4.69) is 30.6 Å². The van der Waals surface area contributed by atoms with Crippen LogP contribution in [-0.2, 0) is 6.18 Å². The molecule has 0 radical (unpaired) electrons. The van der Waals surface area contributed by atoms with Crippen molar-refractivity contribution in [3.63, 3.8) is 0 Å². The molecule has 1 atom stereocenters. The zero-order valence-corrected chi connectivity index (χ0v) is 17.7. The third-order valence-electron chi connectivity index (χ3n) is 4.82. The third kappa shape index (κ3) is 4.31. The van der Waals surface area contributed by atoms with Crippen LogP contribution in [0.15, 0.2) is 36.8 Å². The van der Waals surface area contributed by atoms with Gasteiger partial charge in [-0.15, -0.1) is 4.80 Å². The second kappa shape index (κ2) is 8.73. The summed E-state index contributed by atoms with van der Waals surface area (Å²) in [6.45, 7) is 1.53. The van der Waals surface area contributed by atoms with Gasteiger partial charge >= 0.3 is 6.18 Å². The van der Waals surface area contributed by atoms with Crippen molar-refractivity contribution in [1.82, 2.24) is 34.7 Å². The SMILES string of the molecule is Cc1nc(-n2nccn2)c(C#N)cc1NC(O)c1cnn(-c2ccc(C#N)c(N)n2)c1C(F)(F)F. The molecule has 4 rings (SSSR count). The Morgan fingerprint density at radius 1 is 1.09 bits per heavy atom. The predicted molar refractivity (Wildman–Crippen MR) is 113 cm³/mol. The van der Waals surface area contributed by atoms with E-state index in [0.29, 0.717) is 4.68 Å². The third-order valence-corrected chi connectivity index (χ3v) is 4.82. The van der Waals surface area contributed by atoms with Crippen LogP contribution < -0.4 is 11.1 Å². The summed E-state index contributed by atoms with van der Waals surface area (Å²) in [5, 5.41) is 43.2. The van der Waals surface area contributed by atoms with E-state index in [4.69, 9.17) is 11.0 Å². The first-order valence-electron chi connectivity index (χ1n) is 9.69. The Kier molecular flexibility index (Phi) is 5.77. The Hall–Kier alpha value is -5.02. The number of anilines is 2. The van der Waals surface area contributed by atoms with E-state index in [0.717, 1.165) is 17.1 Å². The largest absolute Gasteiger partial charge is 0.433 e. The van der Waals surface area contributed by atoms with E-state index in [1.54, 1.807) is 6.07 Å². The topological polar surface area (TPSA) is 180 Å². The van der Waals surface area contributed by atoms with Gasteiger partial charge < -0.3 is 16.2 Å². The smallest absolute Gasteiger partial charge is 0.383 e. The number of aliphatic hydroxyl groups is 1. The molecule has 0 aromatic carbocycles. The normalized spacial score (nSPS) is 12.1. The molecule has 4 aromatic rings. The predicted octanol–water partition coefficient (Wildman–Crippen LogP) is 2.00. The second-order valence-electron chi connectivity index (χ2n) is 7.04. The highest BCUT2D eigenvalue weighted by Gasteiger charge is 2.41. The van der Waals surface area contributed by atoms with Crippen LogP contribution in [0.2, 0.25) is 0 Å². The molecule has 0 fully saturated rings. The number of rotatable bonds is 5. The summed E-state index contributed by atoms with van der Waals surface area (Å²) >= 11 is 0. The molecule has 0 spiro atoms. The molecule has 4 aromatic heterocycles. The van der Waals surface area contributed by atoms with Gasteiger partial charge in [0.25, 0.3) is 0 Å². The molecule has 12 nitrogen and oxygen atoms in total. The minimum absolute atomic E-state index is 0.0126. The van der Waals surface area contributed by atoms with Gasteiger partial charge in [0.05, 0.1) is 41.1 Å². The molecule has 0 saturated carbocycles. The quantitative estimate of drug-likeness (QED) is 0.357. The average molecular weight is 481 g/mol. The van der Waals surface area contributed by atoms with E-state index < -0.39 is 23.7 Å². The maximum atomic E-state index is 14.0. The van der Waals surface area contributed by atoms with Crippen LogP contribution in [0.4, 0.5) is 24.7 Å². The van der Waals surface area contributed by atoms with Crippen molar-refractivity contribution in [1.29, 1.82) is 10.5 Å². The van der Waals surface area contributed by atoms with Gasteiger partial charge in [-0.3, -0.25) is 0 Å². The fourth-order valence-electron chi connectivity index (χ4n) is 3.22. The zero-order chi connectivity index (χ0) is 25.3. The van der Waals surface area contributed by atoms with Crippen molar-refractivity contribution in [3.8, 4) is 23.8 Å². The fraction of sp³-hybridized carbons (Fsp3) is 0.150. The number of nitrogen functional groups attached to an aromatic ring is 1. The van der Waals surface area contributed by atoms with E-state index in [1.165, 1.54) is 31.5 Å². The van der Waals surface area contributed by atoms with Crippen LogP contribution in [0.1, 0.15) is 34.3 Å². The first-order chi connectivity index (χ1) is 16.6. The summed E-state index contributed by atoms with van der Waals surface area (Å²) in [5.41, 5.74) is 4.08. The van der Waals surface area contributed by atoms with E-state index >= 15 is 0 Å². The average Bonchev–Trinajstić information content (AvgIpc) is 3.50. The Bertz CT molecular complexity index is 1480. The molecule has 0 aliphatic heterocycles. The number of hydrogen-bond acceptors (Lipinski definition) is 10. The number of alkyl halides is 3. The molecule has 15 heteroatoms. The van der Waals surface area contributed by atoms with Crippen molar-refractivity contribution in [2.24, 2.45) is 0 Å². The van der Waals surface area contributed by atoms with Gasteiger partial charge in [-0.05, 0) is 25.1 Å². The van der Waals surface area contributed by atoms with Gasteiger partial charge in [0.2, 0.25) is 0 Å². The molecule has 0 bridgehead atoms. The summed E-state index contributed by atoms with van der Waals surface area (Å²) in [6, 6.07) is 7.36. The molecule has 176 valence electrons. The van der Waals surface area contributed by atoms with E-state index in [1.807, 2.05) is 6.07 Å². The van der Waals surface area contributed by atoms with Crippen LogP contribution in [0.3, 0.4) is 0 Å². The molecular formula is C20H14F3N11O. The molecule has 4 N–H and O–H groups in total. The summed E-state index contributed by atoms with van der Waals surface area (Å²) in [4.78, 5) is 9.16. The minimum atomic E-state index is -4.94. The van der Waals surface area contributed by atoms with Crippen LogP contribution in [0, 0.1) is 29.6 Å². The summed E-state index contributed by atoms with van der Waals surface area (Å²) < 4.78 is 42.5. The summed E-state index contributed by atoms with van der Waals surface area (Å²) in [6.07, 6.45) is -3.23. The molecular weight excluding hydrogens is 467 g/mol. The Balaban J connectivity index is 1.73. The van der Waals surface area contributed by atoms with Crippen LogP contribution in [0.25, 0.3) is 11.6 Å². The molecule has 0 amide bonds. The van der Waals surface area contributed by atoms with Gasteiger partial charge in [0, 0.05) is 0 Å². The zero-order valence-electron chi connectivity index (χ0n) is 17.7. The number of nitrogens with two attached hydrogens (primary N) is 1. The highest BCUT2D eigenvalue weighted by Crippen LogP contribution is 2.36.